The van der Waals surface area contributed by atoms with Crippen LogP contribution < -0.4 is 14.4 Å². The standard InChI is InChI=1S/C24H21NO4/c1-17(26)18-11-13-20(14-12-18)28-16-24(27)25-21-9-5-6-10-23(21)29-15-22(25)19-7-3-2-4-8-19/h2-14,22H,15-16H2,1H3. The molecule has 3 aromatic carbocycles. The van der Waals surface area contributed by atoms with Gasteiger partial charge in [-0.2, -0.15) is 0 Å². The summed E-state index contributed by atoms with van der Waals surface area (Å²) in [7, 11) is 0. The van der Waals surface area contributed by atoms with E-state index in [0.717, 1.165) is 11.3 Å². The fourth-order valence-electron chi connectivity index (χ4n) is 3.42. The molecular formula is C24H21NO4. The Morgan fingerprint density at radius 2 is 1.66 bits per heavy atom. The van der Waals surface area contributed by atoms with E-state index in [2.05, 4.69) is 0 Å². The number of Topliss-reactive ketones (excluding diaryl/α,β-unsaturated/α-hetero) is 1. The third-order valence-corrected chi connectivity index (χ3v) is 4.91. The number of amides is 1. The van der Waals surface area contributed by atoms with Crippen LogP contribution in [0.25, 0.3) is 0 Å². The molecule has 146 valence electrons. The molecule has 1 heterocycles. The second kappa shape index (κ2) is 8.19. The molecule has 0 saturated carbocycles. The molecule has 1 amide bonds. The van der Waals surface area contributed by atoms with E-state index in [9.17, 15) is 9.59 Å². The molecule has 0 N–H and O–H groups in total. The van der Waals surface area contributed by atoms with Crippen molar-refractivity contribution in [2.24, 2.45) is 0 Å². The Morgan fingerprint density at radius 3 is 2.38 bits per heavy atom. The van der Waals surface area contributed by atoms with Crippen LogP contribution in [0.1, 0.15) is 28.9 Å². The van der Waals surface area contributed by atoms with E-state index in [1.54, 1.807) is 29.2 Å². The number of fused-ring (bicyclic) bond motifs is 1. The number of para-hydroxylation sites is 2. The van der Waals surface area contributed by atoms with Crippen molar-refractivity contribution < 1.29 is 19.1 Å². The fraction of sp³-hybridized carbons (Fsp3) is 0.167. The monoisotopic (exact) mass is 387 g/mol. The zero-order valence-corrected chi connectivity index (χ0v) is 16.1. The first-order chi connectivity index (χ1) is 14.1. The third kappa shape index (κ3) is 3.99. The predicted molar refractivity (Wildman–Crippen MR) is 111 cm³/mol. The highest BCUT2D eigenvalue weighted by molar-refractivity contribution is 5.97. The molecule has 0 radical (unpaired) electrons. The first kappa shape index (κ1) is 18.7. The summed E-state index contributed by atoms with van der Waals surface area (Å²) < 4.78 is 11.6. The van der Waals surface area contributed by atoms with Gasteiger partial charge in [-0.25, -0.2) is 0 Å². The predicted octanol–water partition coefficient (Wildman–Crippen LogP) is 4.43. The minimum atomic E-state index is -0.234. The second-order valence-electron chi connectivity index (χ2n) is 6.84. The van der Waals surface area contributed by atoms with E-state index in [0.29, 0.717) is 23.7 Å². The molecule has 5 heteroatoms. The summed E-state index contributed by atoms with van der Waals surface area (Å²) in [4.78, 5) is 26.3. The third-order valence-electron chi connectivity index (χ3n) is 4.91. The van der Waals surface area contributed by atoms with E-state index in [-0.39, 0.29) is 24.3 Å². The number of ether oxygens (including phenoxy) is 2. The maximum absolute atomic E-state index is 13.2. The summed E-state index contributed by atoms with van der Waals surface area (Å²) in [6, 6.07) is 23.9. The van der Waals surface area contributed by atoms with Crippen LogP contribution in [0.2, 0.25) is 0 Å². The molecule has 1 atom stereocenters. The van der Waals surface area contributed by atoms with Crippen molar-refractivity contribution in [2.75, 3.05) is 18.1 Å². The average molecular weight is 387 g/mol. The lowest BCUT2D eigenvalue weighted by Crippen LogP contribution is -2.43. The first-order valence-electron chi connectivity index (χ1n) is 9.46. The van der Waals surface area contributed by atoms with Crippen LogP contribution in [0.4, 0.5) is 5.69 Å². The Balaban J connectivity index is 1.57. The second-order valence-corrected chi connectivity index (χ2v) is 6.84. The Bertz CT molecular complexity index is 1010. The topological polar surface area (TPSA) is 55.8 Å². The fourth-order valence-corrected chi connectivity index (χ4v) is 3.42. The van der Waals surface area contributed by atoms with Crippen molar-refractivity contribution in [3.05, 3.63) is 90.0 Å². The van der Waals surface area contributed by atoms with Crippen LogP contribution in [0, 0.1) is 0 Å². The van der Waals surface area contributed by atoms with Gasteiger partial charge in [0.05, 0.1) is 11.7 Å². The maximum atomic E-state index is 13.2. The van der Waals surface area contributed by atoms with Gasteiger partial charge in [0.2, 0.25) is 0 Å². The van der Waals surface area contributed by atoms with Crippen molar-refractivity contribution in [1.82, 2.24) is 0 Å². The van der Waals surface area contributed by atoms with Crippen LogP contribution in [0.5, 0.6) is 11.5 Å². The highest BCUT2D eigenvalue weighted by Crippen LogP contribution is 2.39. The lowest BCUT2D eigenvalue weighted by molar-refractivity contribution is -0.121. The number of nitrogens with zero attached hydrogens (tertiary/aromatic N) is 1. The average Bonchev–Trinajstić information content (AvgIpc) is 2.77. The first-order valence-corrected chi connectivity index (χ1v) is 9.46. The number of anilines is 1. The van der Waals surface area contributed by atoms with E-state index >= 15 is 0 Å². The normalized spacial score (nSPS) is 15.2. The van der Waals surface area contributed by atoms with Gasteiger partial charge in [-0.3, -0.25) is 14.5 Å². The van der Waals surface area contributed by atoms with E-state index < -0.39 is 0 Å². The number of ketones is 1. The number of rotatable bonds is 5. The molecule has 3 aromatic rings. The van der Waals surface area contributed by atoms with Gasteiger partial charge < -0.3 is 9.47 Å². The van der Waals surface area contributed by atoms with Gasteiger partial charge in [0.15, 0.2) is 12.4 Å². The number of hydrogen-bond donors (Lipinski definition) is 0. The van der Waals surface area contributed by atoms with E-state index in [4.69, 9.17) is 9.47 Å². The van der Waals surface area contributed by atoms with Crippen molar-refractivity contribution >= 4 is 17.4 Å². The highest BCUT2D eigenvalue weighted by atomic mass is 16.5. The van der Waals surface area contributed by atoms with Gasteiger partial charge in [-0.05, 0) is 48.9 Å². The zero-order valence-electron chi connectivity index (χ0n) is 16.1. The van der Waals surface area contributed by atoms with Crippen LogP contribution in [-0.4, -0.2) is 24.9 Å². The Hall–Kier alpha value is -3.60. The molecule has 0 aliphatic carbocycles. The Labute approximate surface area is 169 Å². The molecule has 1 aliphatic heterocycles. The molecule has 1 unspecified atom stereocenters. The summed E-state index contributed by atoms with van der Waals surface area (Å²) >= 11 is 0. The molecular weight excluding hydrogens is 366 g/mol. The van der Waals surface area contributed by atoms with Crippen LogP contribution in [0.3, 0.4) is 0 Å². The largest absolute Gasteiger partial charge is 0.489 e. The van der Waals surface area contributed by atoms with Crippen LogP contribution >= 0.6 is 0 Å². The van der Waals surface area contributed by atoms with Crippen molar-refractivity contribution in [3.8, 4) is 11.5 Å². The number of carbonyl (C=O) groups is 2. The molecule has 5 nitrogen and oxygen atoms in total. The summed E-state index contributed by atoms with van der Waals surface area (Å²) in [5, 5.41) is 0. The van der Waals surface area contributed by atoms with Crippen molar-refractivity contribution in [2.45, 2.75) is 13.0 Å². The van der Waals surface area contributed by atoms with Crippen molar-refractivity contribution in [1.29, 1.82) is 0 Å². The van der Waals surface area contributed by atoms with Crippen LogP contribution in [-0.2, 0) is 4.79 Å². The maximum Gasteiger partial charge on any atom is 0.265 e. The highest BCUT2D eigenvalue weighted by Gasteiger charge is 2.33. The number of carbonyl (C=O) groups excluding carboxylic acids is 2. The molecule has 0 fully saturated rings. The van der Waals surface area contributed by atoms with E-state index in [1.807, 2.05) is 54.6 Å². The summed E-state index contributed by atoms with van der Waals surface area (Å²) in [6.07, 6.45) is 0. The van der Waals surface area contributed by atoms with Gasteiger partial charge in [0, 0.05) is 5.56 Å². The lowest BCUT2D eigenvalue weighted by Gasteiger charge is -2.37. The smallest absolute Gasteiger partial charge is 0.265 e. The van der Waals surface area contributed by atoms with Gasteiger partial charge in [-0.1, -0.05) is 42.5 Å². The molecule has 0 saturated heterocycles. The van der Waals surface area contributed by atoms with Crippen molar-refractivity contribution in [3.63, 3.8) is 0 Å². The number of hydrogen-bond acceptors (Lipinski definition) is 4. The minimum Gasteiger partial charge on any atom is -0.489 e. The molecule has 0 spiro atoms. The minimum absolute atomic E-state index is 0.0109. The SMILES string of the molecule is CC(=O)c1ccc(OCC(=O)N2c3ccccc3OCC2c2ccccc2)cc1. The molecule has 29 heavy (non-hydrogen) atoms. The van der Waals surface area contributed by atoms with Gasteiger partial charge in [0.25, 0.3) is 5.91 Å². The zero-order chi connectivity index (χ0) is 20.2. The number of benzene rings is 3. The molecule has 4 rings (SSSR count). The quantitative estimate of drug-likeness (QED) is 0.608. The lowest BCUT2D eigenvalue weighted by atomic mass is 10.0. The van der Waals surface area contributed by atoms with Gasteiger partial charge in [0.1, 0.15) is 18.1 Å². The van der Waals surface area contributed by atoms with Crippen LogP contribution in [0.15, 0.2) is 78.9 Å². The van der Waals surface area contributed by atoms with E-state index in [1.165, 1.54) is 6.92 Å². The summed E-state index contributed by atoms with van der Waals surface area (Å²) in [5.74, 6) is 1.05. The summed E-state index contributed by atoms with van der Waals surface area (Å²) in [5.41, 5.74) is 2.34. The molecule has 0 bridgehead atoms. The van der Waals surface area contributed by atoms with Gasteiger partial charge >= 0.3 is 0 Å². The summed E-state index contributed by atoms with van der Waals surface area (Å²) in [6.45, 7) is 1.77. The Kier molecular flexibility index (Phi) is 5.29. The van der Waals surface area contributed by atoms with Gasteiger partial charge in [-0.15, -0.1) is 0 Å². The Morgan fingerprint density at radius 1 is 0.966 bits per heavy atom. The molecule has 1 aliphatic rings. The molecule has 0 aromatic heterocycles.